The van der Waals surface area contributed by atoms with Crippen molar-refractivity contribution in [3.63, 3.8) is 0 Å². The molecule has 0 aliphatic carbocycles. The second-order valence-corrected chi connectivity index (χ2v) is 6.99. The van der Waals surface area contributed by atoms with Crippen LogP contribution in [0.5, 0.6) is 5.75 Å². The molecule has 2 aromatic rings. The summed E-state index contributed by atoms with van der Waals surface area (Å²) >= 11 is 3.32. The second kappa shape index (κ2) is 9.23. The van der Waals surface area contributed by atoms with E-state index >= 15 is 0 Å². The Morgan fingerprint density at radius 3 is 2.48 bits per heavy atom. The van der Waals surface area contributed by atoms with Gasteiger partial charge in [-0.1, -0.05) is 46.6 Å². The number of ether oxygens (including phenoxy) is 1. The number of phenolic OH excluding ortho intramolecular Hbond substituents is 1. The number of rotatable bonds is 6. The van der Waals surface area contributed by atoms with Crippen LogP contribution >= 0.6 is 15.9 Å². The Bertz CT molecular complexity index is 848. The van der Waals surface area contributed by atoms with Gasteiger partial charge in [-0.2, -0.15) is 0 Å². The molecule has 142 valence electrons. The Balaban J connectivity index is 2.25. The summed E-state index contributed by atoms with van der Waals surface area (Å²) in [6.45, 7) is 3.63. The molecule has 3 N–H and O–H groups in total. The minimum absolute atomic E-state index is 0.0538. The Morgan fingerprint density at radius 1 is 1.19 bits per heavy atom. The van der Waals surface area contributed by atoms with E-state index in [2.05, 4.69) is 21.2 Å². The van der Waals surface area contributed by atoms with Crippen LogP contribution < -0.4 is 5.32 Å². The molecule has 6 nitrogen and oxygen atoms in total. The Labute approximate surface area is 165 Å². The minimum Gasteiger partial charge on any atom is -0.508 e. The number of carboxylic acids is 1. The van der Waals surface area contributed by atoms with Gasteiger partial charge in [0.15, 0.2) is 0 Å². The van der Waals surface area contributed by atoms with Gasteiger partial charge < -0.3 is 14.9 Å². The van der Waals surface area contributed by atoms with Crippen LogP contribution in [0.3, 0.4) is 0 Å². The van der Waals surface area contributed by atoms with E-state index in [9.17, 15) is 14.7 Å². The smallest absolute Gasteiger partial charge is 0.412 e. The summed E-state index contributed by atoms with van der Waals surface area (Å²) in [7, 11) is 0. The summed E-state index contributed by atoms with van der Waals surface area (Å²) in [5.41, 5.74) is 1.99. The summed E-state index contributed by atoms with van der Waals surface area (Å²) in [4.78, 5) is 23.2. The van der Waals surface area contributed by atoms with Gasteiger partial charge in [0.2, 0.25) is 0 Å². The topological polar surface area (TPSA) is 95.9 Å². The van der Waals surface area contributed by atoms with Gasteiger partial charge in [0.25, 0.3) is 0 Å². The van der Waals surface area contributed by atoms with Gasteiger partial charge in [0, 0.05) is 27.7 Å². The van der Waals surface area contributed by atoms with Crippen LogP contribution in [0.4, 0.5) is 10.5 Å². The van der Waals surface area contributed by atoms with Crippen molar-refractivity contribution < 1.29 is 24.5 Å². The second-order valence-electron chi connectivity index (χ2n) is 6.08. The van der Waals surface area contributed by atoms with E-state index in [0.717, 1.165) is 11.6 Å². The van der Waals surface area contributed by atoms with Crippen molar-refractivity contribution in [2.45, 2.75) is 20.0 Å². The number of carboxylic acid groups (broad SMARTS) is 1. The van der Waals surface area contributed by atoms with Crippen LogP contribution in [0.25, 0.3) is 0 Å². The fourth-order valence-electron chi connectivity index (χ4n) is 2.44. The molecule has 2 aromatic carbocycles. The number of benzene rings is 2. The standard InChI is InChI=1S/C20H20BrNO5/c1-12-3-7-15(8-4-12)22-20(26)27-19(13(2)5-10-18(24)25)16-11-14(21)6-9-17(16)23/h3-11,13,19,23H,1-2H3,(H,22,26)(H,24,25)/b10-5+/t13-,19+/m0/s1. The van der Waals surface area contributed by atoms with Gasteiger partial charge in [-0.3, -0.25) is 5.32 Å². The van der Waals surface area contributed by atoms with Crippen LogP contribution in [0.1, 0.15) is 24.2 Å². The molecule has 27 heavy (non-hydrogen) atoms. The summed E-state index contributed by atoms with van der Waals surface area (Å²) in [6.07, 6.45) is 0.794. The summed E-state index contributed by atoms with van der Waals surface area (Å²) < 4.78 is 6.22. The third-order valence-electron chi connectivity index (χ3n) is 3.85. The average Bonchev–Trinajstić information content (AvgIpc) is 2.62. The monoisotopic (exact) mass is 433 g/mol. The van der Waals surface area contributed by atoms with Crippen molar-refractivity contribution in [1.29, 1.82) is 0 Å². The number of carbonyl (C=O) groups is 2. The number of aryl methyl sites for hydroxylation is 1. The van der Waals surface area contributed by atoms with Gasteiger partial charge in [0.1, 0.15) is 11.9 Å². The maximum atomic E-state index is 12.4. The molecule has 0 saturated carbocycles. The zero-order chi connectivity index (χ0) is 20.0. The van der Waals surface area contributed by atoms with Crippen molar-refractivity contribution in [2.24, 2.45) is 5.92 Å². The SMILES string of the molecule is Cc1ccc(NC(=O)O[C@@H](c2cc(Br)ccc2O)[C@@H](C)/C=C/C(=O)O)cc1. The highest BCUT2D eigenvalue weighted by Gasteiger charge is 2.25. The molecule has 0 bridgehead atoms. The fraction of sp³-hybridized carbons (Fsp3) is 0.200. The number of anilines is 1. The summed E-state index contributed by atoms with van der Waals surface area (Å²) in [5.74, 6) is -1.66. The van der Waals surface area contributed by atoms with E-state index < -0.39 is 24.1 Å². The Morgan fingerprint density at radius 2 is 1.85 bits per heavy atom. The molecular formula is C20H20BrNO5. The predicted octanol–water partition coefficient (Wildman–Crippen LogP) is 5.03. The number of nitrogens with one attached hydrogen (secondary N) is 1. The maximum Gasteiger partial charge on any atom is 0.412 e. The molecule has 0 fully saturated rings. The van der Waals surface area contributed by atoms with E-state index in [-0.39, 0.29) is 5.75 Å². The molecule has 7 heteroatoms. The lowest BCUT2D eigenvalue weighted by molar-refractivity contribution is -0.131. The number of hydrogen-bond donors (Lipinski definition) is 3. The van der Waals surface area contributed by atoms with E-state index in [4.69, 9.17) is 9.84 Å². The highest BCUT2D eigenvalue weighted by Crippen LogP contribution is 2.35. The molecule has 0 unspecified atom stereocenters. The molecule has 0 saturated heterocycles. The number of halogens is 1. The first-order chi connectivity index (χ1) is 12.8. The van der Waals surface area contributed by atoms with Crippen LogP contribution in [0.2, 0.25) is 0 Å². The lowest BCUT2D eigenvalue weighted by Gasteiger charge is -2.23. The lowest BCUT2D eigenvalue weighted by Crippen LogP contribution is -2.21. The zero-order valence-electron chi connectivity index (χ0n) is 14.8. The first-order valence-corrected chi connectivity index (χ1v) is 8.99. The molecule has 0 spiro atoms. The number of aliphatic carboxylic acids is 1. The summed E-state index contributed by atoms with van der Waals surface area (Å²) in [6, 6.07) is 12.0. The highest BCUT2D eigenvalue weighted by atomic mass is 79.9. The normalized spacial score (nSPS) is 13.1. The average molecular weight is 434 g/mol. The molecule has 0 aliphatic rings. The Kier molecular flexibility index (Phi) is 7.01. The van der Waals surface area contributed by atoms with Crippen molar-refractivity contribution in [3.8, 4) is 5.75 Å². The quantitative estimate of drug-likeness (QED) is 0.555. The van der Waals surface area contributed by atoms with Crippen molar-refractivity contribution in [3.05, 3.63) is 70.2 Å². The largest absolute Gasteiger partial charge is 0.508 e. The molecule has 0 heterocycles. The van der Waals surface area contributed by atoms with E-state index in [0.29, 0.717) is 15.7 Å². The van der Waals surface area contributed by atoms with Gasteiger partial charge in [-0.15, -0.1) is 0 Å². The molecule has 0 aliphatic heterocycles. The third kappa shape index (κ3) is 6.14. The maximum absolute atomic E-state index is 12.4. The van der Waals surface area contributed by atoms with Gasteiger partial charge in [-0.25, -0.2) is 9.59 Å². The number of carbonyl (C=O) groups excluding carboxylic acids is 1. The van der Waals surface area contributed by atoms with Crippen LogP contribution in [0, 0.1) is 12.8 Å². The van der Waals surface area contributed by atoms with Crippen molar-refractivity contribution in [1.82, 2.24) is 0 Å². The first-order valence-electron chi connectivity index (χ1n) is 8.20. The molecule has 2 rings (SSSR count). The number of hydrogen-bond acceptors (Lipinski definition) is 4. The van der Waals surface area contributed by atoms with Crippen LogP contribution in [-0.2, 0) is 9.53 Å². The van der Waals surface area contributed by atoms with Crippen LogP contribution in [-0.4, -0.2) is 22.3 Å². The van der Waals surface area contributed by atoms with Crippen molar-refractivity contribution >= 4 is 33.7 Å². The molecule has 0 aromatic heterocycles. The molecule has 2 atom stereocenters. The van der Waals surface area contributed by atoms with E-state index in [1.54, 1.807) is 31.2 Å². The highest BCUT2D eigenvalue weighted by molar-refractivity contribution is 9.10. The van der Waals surface area contributed by atoms with Gasteiger partial charge in [0.05, 0.1) is 0 Å². The molecular weight excluding hydrogens is 414 g/mol. The molecule has 0 radical (unpaired) electrons. The fourth-order valence-corrected chi connectivity index (χ4v) is 2.82. The number of phenols is 1. The van der Waals surface area contributed by atoms with E-state index in [1.165, 1.54) is 12.1 Å². The van der Waals surface area contributed by atoms with Crippen LogP contribution in [0.15, 0.2) is 59.1 Å². The minimum atomic E-state index is -1.11. The zero-order valence-corrected chi connectivity index (χ0v) is 16.4. The first kappa shape index (κ1) is 20.5. The van der Waals surface area contributed by atoms with Gasteiger partial charge >= 0.3 is 12.1 Å². The predicted molar refractivity (Wildman–Crippen MR) is 106 cm³/mol. The van der Waals surface area contributed by atoms with Gasteiger partial charge in [-0.05, 0) is 37.3 Å². The van der Waals surface area contributed by atoms with Crippen molar-refractivity contribution in [2.75, 3.05) is 5.32 Å². The number of aromatic hydroxyl groups is 1. The lowest BCUT2D eigenvalue weighted by atomic mass is 9.96. The number of amides is 1. The third-order valence-corrected chi connectivity index (χ3v) is 4.34. The summed E-state index contributed by atoms with van der Waals surface area (Å²) in [5, 5.41) is 21.7. The van der Waals surface area contributed by atoms with E-state index in [1.807, 2.05) is 19.1 Å². The molecule has 1 amide bonds. The Hall–Kier alpha value is -2.80.